The predicted molar refractivity (Wildman–Crippen MR) is 47.6 cm³/mol. The van der Waals surface area contributed by atoms with Gasteiger partial charge in [0.2, 0.25) is 0 Å². The smallest absolute Gasteiger partial charge is 0.463 e. The van der Waals surface area contributed by atoms with Crippen molar-refractivity contribution in [1.82, 2.24) is 9.78 Å². The molecule has 2 aromatic rings. The van der Waals surface area contributed by atoms with Crippen LogP contribution in [0.25, 0.3) is 11.5 Å². The first-order valence-electron chi connectivity index (χ1n) is 4.29. The lowest BCUT2D eigenvalue weighted by atomic mass is 10.3. The molecule has 0 saturated heterocycles. The molecule has 0 aromatic carbocycles. The zero-order chi connectivity index (χ0) is 11.8. The van der Waals surface area contributed by atoms with Gasteiger partial charge in [0.05, 0.1) is 12.5 Å². The van der Waals surface area contributed by atoms with Crippen molar-refractivity contribution < 1.29 is 22.3 Å². The fraction of sp³-hybridized carbons (Fsp3) is 0.222. The van der Waals surface area contributed by atoms with Crippen LogP contribution < -0.4 is 4.74 Å². The summed E-state index contributed by atoms with van der Waals surface area (Å²) in [5.41, 5.74) is 0.0184. The SMILES string of the molecule is Cn1cc(OC(F)(F)F)c(-c2ccco2)n1. The first-order valence-corrected chi connectivity index (χ1v) is 4.29. The second-order valence-corrected chi connectivity index (χ2v) is 3.04. The van der Waals surface area contributed by atoms with Gasteiger partial charge >= 0.3 is 6.36 Å². The van der Waals surface area contributed by atoms with Gasteiger partial charge in [0.1, 0.15) is 0 Å². The van der Waals surface area contributed by atoms with E-state index in [1.807, 2.05) is 0 Å². The van der Waals surface area contributed by atoms with Crippen molar-refractivity contribution in [3.8, 4) is 17.2 Å². The topological polar surface area (TPSA) is 40.2 Å². The van der Waals surface area contributed by atoms with Crippen LogP contribution in [0.3, 0.4) is 0 Å². The fourth-order valence-electron chi connectivity index (χ4n) is 1.25. The zero-order valence-corrected chi connectivity index (χ0v) is 8.15. The Labute approximate surface area is 88.2 Å². The van der Waals surface area contributed by atoms with E-state index >= 15 is 0 Å². The molecule has 0 aliphatic rings. The molecule has 0 spiro atoms. The maximum absolute atomic E-state index is 12.1. The van der Waals surface area contributed by atoms with Crippen LogP contribution in [-0.4, -0.2) is 16.1 Å². The highest BCUT2D eigenvalue weighted by Crippen LogP contribution is 2.32. The summed E-state index contributed by atoms with van der Waals surface area (Å²) in [5.74, 6) is -0.162. The lowest BCUT2D eigenvalue weighted by Crippen LogP contribution is -2.17. The molecule has 2 aromatic heterocycles. The van der Waals surface area contributed by atoms with E-state index in [4.69, 9.17) is 4.42 Å². The molecule has 0 aliphatic carbocycles. The largest absolute Gasteiger partial charge is 0.573 e. The molecule has 0 bridgehead atoms. The molecule has 2 heterocycles. The van der Waals surface area contributed by atoms with Crippen molar-refractivity contribution in [3.63, 3.8) is 0 Å². The molecule has 2 rings (SSSR count). The van der Waals surface area contributed by atoms with Crippen molar-refractivity contribution >= 4 is 0 Å². The van der Waals surface area contributed by atoms with Gasteiger partial charge in [0, 0.05) is 7.05 Å². The van der Waals surface area contributed by atoms with Crippen LogP contribution in [-0.2, 0) is 7.05 Å². The molecule has 0 saturated carbocycles. The van der Waals surface area contributed by atoms with Gasteiger partial charge in [0.15, 0.2) is 17.2 Å². The highest BCUT2D eigenvalue weighted by atomic mass is 19.4. The summed E-state index contributed by atoms with van der Waals surface area (Å²) in [6.07, 6.45) is -2.27. The molecule has 0 aliphatic heterocycles. The molecule has 16 heavy (non-hydrogen) atoms. The quantitative estimate of drug-likeness (QED) is 0.798. The number of ether oxygens (including phenoxy) is 1. The van der Waals surface area contributed by atoms with E-state index in [1.165, 1.54) is 24.1 Å². The van der Waals surface area contributed by atoms with E-state index in [0.29, 0.717) is 0 Å². The normalized spacial score (nSPS) is 11.8. The Balaban J connectivity index is 2.39. The monoisotopic (exact) mass is 232 g/mol. The van der Waals surface area contributed by atoms with E-state index in [1.54, 1.807) is 6.07 Å². The number of furan rings is 1. The Bertz CT molecular complexity index is 473. The number of rotatable bonds is 2. The fourth-order valence-corrected chi connectivity index (χ4v) is 1.25. The molecular formula is C9H7F3N2O2. The molecule has 0 amide bonds. The van der Waals surface area contributed by atoms with E-state index in [-0.39, 0.29) is 17.2 Å². The standard InChI is InChI=1S/C9H7F3N2O2/c1-14-5-7(16-9(10,11)12)8(13-14)6-3-2-4-15-6/h2-5H,1H3. The Morgan fingerprint density at radius 1 is 1.44 bits per heavy atom. The van der Waals surface area contributed by atoms with Crippen molar-refractivity contribution in [2.24, 2.45) is 7.05 Å². The van der Waals surface area contributed by atoms with Crippen molar-refractivity contribution in [2.75, 3.05) is 0 Å². The predicted octanol–water partition coefficient (Wildman–Crippen LogP) is 2.58. The van der Waals surface area contributed by atoms with Gasteiger partial charge in [-0.25, -0.2) is 0 Å². The molecule has 0 radical (unpaired) electrons. The summed E-state index contributed by atoms with van der Waals surface area (Å²) in [6.45, 7) is 0. The van der Waals surface area contributed by atoms with E-state index < -0.39 is 6.36 Å². The summed E-state index contributed by atoms with van der Waals surface area (Å²) in [4.78, 5) is 0. The van der Waals surface area contributed by atoms with Gasteiger partial charge in [-0.2, -0.15) is 5.10 Å². The second-order valence-electron chi connectivity index (χ2n) is 3.04. The highest BCUT2D eigenvalue weighted by Gasteiger charge is 2.33. The number of aryl methyl sites for hydroxylation is 1. The summed E-state index contributed by atoms with van der Waals surface area (Å²) in [7, 11) is 1.50. The van der Waals surface area contributed by atoms with Crippen LogP contribution in [0, 0.1) is 0 Å². The third kappa shape index (κ3) is 2.18. The molecule has 0 unspecified atom stereocenters. The van der Waals surface area contributed by atoms with E-state index in [2.05, 4.69) is 9.84 Å². The molecule has 0 N–H and O–H groups in total. The van der Waals surface area contributed by atoms with E-state index in [9.17, 15) is 13.2 Å². The highest BCUT2D eigenvalue weighted by molar-refractivity contribution is 5.60. The van der Waals surface area contributed by atoms with Crippen molar-refractivity contribution in [2.45, 2.75) is 6.36 Å². The summed E-state index contributed by atoms with van der Waals surface area (Å²) in [6, 6.07) is 3.06. The van der Waals surface area contributed by atoms with Gasteiger partial charge in [-0.05, 0) is 12.1 Å². The van der Waals surface area contributed by atoms with Crippen molar-refractivity contribution in [1.29, 1.82) is 0 Å². The van der Waals surface area contributed by atoms with Crippen LogP contribution in [0.15, 0.2) is 29.0 Å². The third-order valence-corrected chi connectivity index (χ3v) is 1.78. The molecule has 0 fully saturated rings. The first-order chi connectivity index (χ1) is 7.46. The van der Waals surface area contributed by atoms with Crippen LogP contribution in [0.5, 0.6) is 5.75 Å². The maximum atomic E-state index is 12.1. The van der Waals surface area contributed by atoms with E-state index in [0.717, 1.165) is 6.20 Å². The van der Waals surface area contributed by atoms with Crippen LogP contribution in [0.1, 0.15) is 0 Å². The Hall–Kier alpha value is -1.92. The third-order valence-electron chi connectivity index (χ3n) is 1.78. The summed E-state index contributed by atoms with van der Waals surface area (Å²) in [5, 5.41) is 3.84. The summed E-state index contributed by atoms with van der Waals surface area (Å²) < 4.78 is 46.3. The Kier molecular flexibility index (Phi) is 2.37. The van der Waals surface area contributed by atoms with Gasteiger partial charge in [-0.1, -0.05) is 0 Å². The molecule has 86 valence electrons. The number of nitrogens with zero attached hydrogens (tertiary/aromatic N) is 2. The van der Waals surface area contributed by atoms with Crippen LogP contribution in [0.4, 0.5) is 13.2 Å². The number of hydrogen-bond donors (Lipinski definition) is 0. The Morgan fingerprint density at radius 3 is 2.75 bits per heavy atom. The number of halogens is 3. The minimum absolute atomic E-state index is 0.0184. The zero-order valence-electron chi connectivity index (χ0n) is 8.15. The molecule has 7 heteroatoms. The van der Waals surface area contributed by atoms with Gasteiger partial charge in [0.25, 0.3) is 0 Å². The number of aromatic nitrogens is 2. The summed E-state index contributed by atoms with van der Waals surface area (Å²) >= 11 is 0. The average Bonchev–Trinajstić information content (AvgIpc) is 2.71. The van der Waals surface area contributed by atoms with Gasteiger partial charge in [-0.3, -0.25) is 4.68 Å². The van der Waals surface area contributed by atoms with Crippen molar-refractivity contribution in [3.05, 3.63) is 24.6 Å². The molecule has 4 nitrogen and oxygen atoms in total. The minimum atomic E-state index is -4.75. The number of hydrogen-bond acceptors (Lipinski definition) is 3. The molecule has 0 atom stereocenters. The van der Waals surface area contributed by atoms with Gasteiger partial charge in [-0.15, -0.1) is 13.2 Å². The minimum Gasteiger partial charge on any atom is -0.463 e. The molecular weight excluding hydrogens is 225 g/mol. The second kappa shape index (κ2) is 3.58. The van der Waals surface area contributed by atoms with Crippen LogP contribution in [0.2, 0.25) is 0 Å². The average molecular weight is 232 g/mol. The first kappa shape index (κ1) is 10.6. The number of alkyl halides is 3. The maximum Gasteiger partial charge on any atom is 0.573 e. The Morgan fingerprint density at radius 2 is 2.19 bits per heavy atom. The van der Waals surface area contributed by atoms with Crippen LogP contribution >= 0.6 is 0 Å². The lowest BCUT2D eigenvalue weighted by Gasteiger charge is -2.06. The van der Waals surface area contributed by atoms with Gasteiger partial charge < -0.3 is 9.15 Å². The lowest BCUT2D eigenvalue weighted by molar-refractivity contribution is -0.274.